The number of aliphatic hydroxyl groups excluding tert-OH is 14. The molecular weight excluding hydrogens is 624 g/mol. The third-order valence-corrected chi connectivity index (χ3v) is 8.18. The summed E-state index contributed by atoms with van der Waals surface area (Å²) in [6.45, 7) is -3.21. The Bertz CT molecular complexity index is 912. The first-order valence-corrected chi connectivity index (χ1v) is 14.1. The molecule has 0 spiro atoms. The fourth-order valence-corrected chi connectivity index (χ4v) is 5.44. The molecule has 1 unspecified atom stereocenters. The van der Waals surface area contributed by atoms with E-state index in [0.717, 1.165) is 0 Å². The van der Waals surface area contributed by atoms with Crippen LogP contribution in [0.5, 0.6) is 0 Å². The van der Waals surface area contributed by atoms with Crippen molar-refractivity contribution in [2.75, 3.05) is 26.4 Å². The molecule has 4 fully saturated rings. The van der Waals surface area contributed by atoms with Gasteiger partial charge in [-0.1, -0.05) is 0 Å². The Morgan fingerprint density at radius 2 is 0.778 bits per heavy atom. The SMILES string of the molecule is OC[C@H]1O[C@H](OC[C@H]2O[C@@H](O[C@H]3[C@H](O)[C@H](O)C(O)O[C@@H]3CO)[C@@H](O)[C@@H](O)[C@@H]2O[C@@H]2O[C@H](CO)[C@@H](O)[C@H](O)[C@@H]2O)[C@H](O)[C@@H](O)[C@H]1O. The average Bonchev–Trinajstić information content (AvgIpc) is 3.03. The molecule has 14 N–H and O–H groups in total. The molecule has 0 aromatic rings. The first kappa shape index (κ1) is 37.0. The van der Waals surface area contributed by atoms with Crippen molar-refractivity contribution < 1.29 is 105 Å². The van der Waals surface area contributed by atoms with Crippen molar-refractivity contribution in [1.29, 1.82) is 0 Å². The van der Waals surface area contributed by atoms with Crippen LogP contribution in [0.2, 0.25) is 0 Å². The Balaban J connectivity index is 1.56. The van der Waals surface area contributed by atoms with E-state index in [1.807, 2.05) is 0 Å². The predicted octanol–water partition coefficient (Wildman–Crippen LogP) is -9.75. The van der Waals surface area contributed by atoms with Crippen LogP contribution in [0.25, 0.3) is 0 Å². The first-order valence-electron chi connectivity index (χ1n) is 14.1. The van der Waals surface area contributed by atoms with Gasteiger partial charge in [0.15, 0.2) is 25.2 Å². The molecule has 0 aromatic carbocycles. The third-order valence-electron chi connectivity index (χ3n) is 8.18. The van der Waals surface area contributed by atoms with E-state index in [1.54, 1.807) is 0 Å². The molecule has 4 aliphatic rings. The molecule has 21 heteroatoms. The summed E-state index contributed by atoms with van der Waals surface area (Å²) in [6.07, 6.45) is -35.6. The summed E-state index contributed by atoms with van der Waals surface area (Å²) < 4.78 is 38.0. The summed E-state index contributed by atoms with van der Waals surface area (Å²) >= 11 is 0. The number of aliphatic hydroxyl groups is 14. The van der Waals surface area contributed by atoms with Crippen LogP contribution in [-0.4, -0.2) is 221 Å². The van der Waals surface area contributed by atoms with Gasteiger partial charge in [-0.3, -0.25) is 0 Å². The van der Waals surface area contributed by atoms with Gasteiger partial charge in [0.2, 0.25) is 0 Å². The summed E-state index contributed by atoms with van der Waals surface area (Å²) in [6, 6.07) is 0. The first-order chi connectivity index (χ1) is 21.2. The van der Waals surface area contributed by atoms with Crippen LogP contribution in [0, 0.1) is 0 Å². The topological polar surface area (TPSA) is 348 Å². The highest BCUT2D eigenvalue weighted by atomic mass is 16.8. The molecule has 0 aliphatic carbocycles. The second-order valence-electron chi connectivity index (χ2n) is 11.2. The van der Waals surface area contributed by atoms with Crippen molar-refractivity contribution in [2.24, 2.45) is 0 Å². The quantitative estimate of drug-likeness (QED) is 0.103. The Morgan fingerprint density at radius 1 is 0.378 bits per heavy atom. The van der Waals surface area contributed by atoms with E-state index < -0.39 is 149 Å². The van der Waals surface area contributed by atoms with Gasteiger partial charge in [-0.2, -0.15) is 0 Å². The van der Waals surface area contributed by atoms with Gasteiger partial charge in [-0.15, -0.1) is 0 Å². The Morgan fingerprint density at radius 3 is 1.29 bits per heavy atom. The molecule has 0 radical (unpaired) electrons. The molecule has 4 heterocycles. The molecular formula is C24H42O21. The summed E-state index contributed by atoms with van der Waals surface area (Å²) in [5.41, 5.74) is 0. The molecule has 0 aromatic heterocycles. The summed E-state index contributed by atoms with van der Waals surface area (Å²) in [7, 11) is 0. The standard InChI is InChI=1S/C24H42O21/c25-1-5-9(28)11(30)16(35)22(41-5)39-4-8-20(45-23-17(36)12(31)10(29)6(2-26)42-23)14(33)18(37)24(43-8)44-19-7(3-27)40-21(38)15(34)13(19)32/h5-38H,1-4H2/t5-,6-,7-,8-,9+,10-,11+,12+,13-,14-,15+,16-,17+,18+,19-,20-,21?,22+,23+,24+/m1/s1. The zero-order valence-electron chi connectivity index (χ0n) is 23.5. The van der Waals surface area contributed by atoms with E-state index >= 15 is 0 Å². The van der Waals surface area contributed by atoms with Gasteiger partial charge in [-0.25, -0.2) is 0 Å². The predicted molar refractivity (Wildman–Crippen MR) is 134 cm³/mol. The minimum Gasteiger partial charge on any atom is -0.394 e. The van der Waals surface area contributed by atoms with Gasteiger partial charge in [0.25, 0.3) is 0 Å². The normalized spacial score (nSPS) is 52.9. The van der Waals surface area contributed by atoms with Crippen molar-refractivity contribution in [1.82, 2.24) is 0 Å². The largest absolute Gasteiger partial charge is 0.394 e. The lowest BCUT2D eigenvalue weighted by Gasteiger charge is -2.48. The van der Waals surface area contributed by atoms with Gasteiger partial charge < -0.3 is 105 Å². The molecule has 4 aliphatic heterocycles. The lowest BCUT2D eigenvalue weighted by Crippen LogP contribution is -2.67. The van der Waals surface area contributed by atoms with Crippen LogP contribution in [0.1, 0.15) is 0 Å². The number of rotatable bonds is 10. The van der Waals surface area contributed by atoms with E-state index in [1.165, 1.54) is 0 Å². The van der Waals surface area contributed by atoms with Gasteiger partial charge in [0.05, 0.1) is 26.4 Å². The van der Waals surface area contributed by atoms with Crippen LogP contribution < -0.4 is 0 Å². The van der Waals surface area contributed by atoms with E-state index in [-0.39, 0.29) is 0 Å². The average molecular weight is 667 g/mol. The van der Waals surface area contributed by atoms with Crippen molar-refractivity contribution >= 4 is 0 Å². The summed E-state index contributed by atoms with van der Waals surface area (Å²) in [5.74, 6) is 0. The fourth-order valence-electron chi connectivity index (χ4n) is 5.44. The highest BCUT2D eigenvalue weighted by Gasteiger charge is 2.54. The second-order valence-corrected chi connectivity index (χ2v) is 11.2. The van der Waals surface area contributed by atoms with Gasteiger partial charge >= 0.3 is 0 Å². The van der Waals surface area contributed by atoms with Gasteiger partial charge in [-0.05, 0) is 0 Å². The lowest BCUT2D eigenvalue weighted by atomic mass is 9.96. The lowest BCUT2D eigenvalue weighted by molar-refractivity contribution is -0.383. The maximum absolute atomic E-state index is 11.1. The molecule has 4 saturated heterocycles. The van der Waals surface area contributed by atoms with Crippen molar-refractivity contribution in [3.05, 3.63) is 0 Å². The zero-order valence-corrected chi connectivity index (χ0v) is 23.5. The minimum absolute atomic E-state index is 0.761. The Labute approximate surface area is 254 Å². The van der Waals surface area contributed by atoms with E-state index in [2.05, 4.69) is 0 Å². The highest BCUT2D eigenvalue weighted by molar-refractivity contribution is 4.97. The van der Waals surface area contributed by atoms with Gasteiger partial charge in [0.1, 0.15) is 97.7 Å². The Hall–Kier alpha value is -0.840. The molecule has 4 rings (SSSR count). The van der Waals surface area contributed by atoms with Crippen LogP contribution >= 0.6 is 0 Å². The fraction of sp³-hybridized carbons (Fsp3) is 1.00. The van der Waals surface area contributed by atoms with Crippen molar-refractivity contribution in [3.63, 3.8) is 0 Å². The van der Waals surface area contributed by atoms with Crippen LogP contribution in [0.4, 0.5) is 0 Å². The van der Waals surface area contributed by atoms with Crippen LogP contribution in [0.3, 0.4) is 0 Å². The number of hydrogen-bond donors (Lipinski definition) is 14. The summed E-state index contributed by atoms with van der Waals surface area (Å²) in [5, 5.41) is 142. The van der Waals surface area contributed by atoms with Gasteiger partial charge in [0, 0.05) is 0 Å². The van der Waals surface area contributed by atoms with Crippen LogP contribution in [0.15, 0.2) is 0 Å². The summed E-state index contributed by atoms with van der Waals surface area (Å²) in [4.78, 5) is 0. The molecule has 20 atom stereocenters. The van der Waals surface area contributed by atoms with Crippen LogP contribution in [-0.2, 0) is 33.2 Å². The maximum Gasteiger partial charge on any atom is 0.187 e. The maximum atomic E-state index is 11.1. The number of ether oxygens (including phenoxy) is 7. The number of hydrogen-bond acceptors (Lipinski definition) is 21. The second kappa shape index (κ2) is 15.6. The smallest absolute Gasteiger partial charge is 0.187 e. The highest BCUT2D eigenvalue weighted by Crippen LogP contribution is 2.33. The molecule has 0 saturated carbocycles. The molecule has 45 heavy (non-hydrogen) atoms. The molecule has 0 amide bonds. The Kier molecular flexibility index (Phi) is 12.8. The molecule has 264 valence electrons. The van der Waals surface area contributed by atoms with Crippen molar-refractivity contribution in [3.8, 4) is 0 Å². The minimum atomic E-state index is -2.06. The molecule has 21 nitrogen and oxygen atoms in total. The van der Waals surface area contributed by atoms with E-state index in [0.29, 0.717) is 0 Å². The third kappa shape index (κ3) is 7.59. The van der Waals surface area contributed by atoms with E-state index in [9.17, 15) is 71.5 Å². The molecule has 0 bridgehead atoms. The van der Waals surface area contributed by atoms with Crippen molar-refractivity contribution in [2.45, 2.75) is 123 Å². The zero-order chi connectivity index (χ0) is 33.3. The van der Waals surface area contributed by atoms with E-state index in [4.69, 9.17) is 33.2 Å². The monoisotopic (exact) mass is 666 g/mol.